The van der Waals surface area contributed by atoms with Gasteiger partial charge in [0.25, 0.3) is 5.91 Å². The van der Waals surface area contributed by atoms with E-state index < -0.39 is 0 Å². The number of furan rings is 1. The average molecular weight is 359 g/mol. The summed E-state index contributed by atoms with van der Waals surface area (Å²) in [5.41, 5.74) is 7.16. The Morgan fingerprint density at radius 3 is 2.67 bits per heavy atom. The second-order valence-electron chi connectivity index (χ2n) is 6.64. The number of benzene rings is 2. The Bertz CT molecular complexity index is 930. The predicted molar refractivity (Wildman–Crippen MR) is 104 cm³/mol. The molecule has 0 fully saturated rings. The number of nitrogens with zero attached hydrogens (tertiary/aromatic N) is 2. The lowest BCUT2D eigenvalue weighted by atomic mass is 9.99. The van der Waals surface area contributed by atoms with Crippen LogP contribution in [0.5, 0.6) is 0 Å². The van der Waals surface area contributed by atoms with Crippen molar-refractivity contribution in [2.75, 3.05) is 6.54 Å². The van der Waals surface area contributed by atoms with Gasteiger partial charge in [-0.25, -0.2) is 5.43 Å². The summed E-state index contributed by atoms with van der Waals surface area (Å²) >= 11 is 0. The number of rotatable bonds is 5. The average Bonchev–Trinajstić information content (AvgIpc) is 3.22. The molecule has 0 saturated carbocycles. The highest BCUT2D eigenvalue weighted by Crippen LogP contribution is 2.20. The maximum atomic E-state index is 12.1. The Morgan fingerprint density at radius 2 is 1.89 bits per heavy atom. The van der Waals surface area contributed by atoms with Crippen LogP contribution in [0.3, 0.4) is 0 Å². The third-order valence-corrected chi connectivity index (χ3v) is 4.73. The molecule has 1 aromatic heterocycles. The molecule has 0 spiro atoms. The molecule has 0 bridgehead atoms. The van der Waals surface area contributed by atoms with Gasteiger partial charge >= 0.3 is 0 Å². The van der Waals surface area contributed by atoms with Crippen LogP contribution in [-0.4, -0.2) is 23.6 Å². The Balaban J connectivity index is 1.33. The van der Waals surface area contributed by atoms with Crippen LogP contribution in [0.1, 0.15) is 32.8 Å². The second-order valence-corrected chi connectivity index (χ2v) is 6.64. The van der Waals surface area contributed by atoms with E-state index >= 15 is 0 Å². The van der Waals surface area contributed by atoms with Gasteiger partial charge in [-0.3, -0.25) is 9.69 Å². The van der Waals surface area contributed by atoms with Gasteiger partial charge in [0.05, 0.1) is 12.5 Å². The van der Waals surface area contributed by atoms with Crippen LogP contribution in [0.25, 0.3) is 0 Å². The van der Waals surface area contributed by atoms with Gasteiger partial charge in [0.15, 0.2) is 0 Å². The highest BCUT2D eigenvalue weighted by molar-refractivity contribution is 5.94. The van der Waals surface area contributed by atoms with Crippen LogP contribution in [0.4, 0.5) is 0 Å². The molecule has 1 N–H and O–H groups in total. The Labute approximate surface area is 158 Å². The van der Waals surface area contributed by atoms with Crippen molar-refractivity contribution in [3.63, 3.8) is 0 Å². The van der Waals surface area contributed by atoms with Crippen LogP contribution in [0, 0.1) is 0 Å². The second kappa shape index (κ2) is 8.01. The van der Waals surface area contributed by atoms with Crippen LogP contribution < -0.4 is 5.43 Å². The first kappa shape index (κ1) is 17.2. The number of hydrogen-bond donors (Lipinski definition) is 1. The van der Waals surface area contributed by atoms with Gasteiger partial charge in [-0.2, -0.15) is 5.10 Å². The lowest BCUT2D eigenvalue weighted by molar-refractivity contribution is 0.0955. The molecule has 27 heavy (non-hydrogen) atoms. The summed E-state index contributed by atoms with van der Waals surface area (Å²) in [6.45, 7) is 2.91. The SMILES string of the molecule is O=C(N/N=C/c1ccco1)c1ccc(CN2CCc3ccccc3C2)cc1. The summed E-state index contributed by atoms with van der Waals surface area (Å²) < 4.78 is 5.13. The van der Waals surface area contributed by atoms with E-state index in [-0.39, 0.29) is 5.91 Å². The lowest BCUT2D eigenvalue weighted by Crippen LogP contribution is -2.30. The Kier molecular flexibility index (Phi) is 5.12. The van der Waals surface area contributed by atoms with Gasteiger partial charge in [-0.05, 0) is 47.4 Å². The molecule has 3 aromatic rings. The third-order valence-electron chi connectivity index (χ3n) is 4.73. The van der Waals surface area contributed by atoms with E-state index in [1.807, 2.05) is 24.3 Å². The van der Waals surface area contributed by atoms with Crippen LogP contribution in [0.2, 0.25) is 0 Å². The summed E-state index contributed by atoms with van der Waals surface area (Å²) in [6.07, 6.45) is 4.12. The topological polar surface area (TPSA) is 57.8 Å². The molecule has 1 aliphatic heterocycles. The molecule has 0 saturated heterocycles. The molecule has 136 valence electrons. The normalized spacial score (nSPS) is 14.2. The van der Waals surface area contributed by atoms with Gasteiger partial charge in [0.2, 0.25) is 0 Å². The quantitative estimate of drug-likeness (QED) is 0.559. The monoisotopic (exact) mass is 359 g/mol. The van der Waals surface area contributed by atoms with Gasteiger partial charge in [-0.1, -0.05) is 36.4 Å². The van der Waals surface area contributed by atoms with E-state index in [2.05, 4.69) is 39.7 Å². The zero-order valence-electron chi connectivity index (χ0n) is 15.0. The molecule has 0 atom stereocenters. The summed E-state index contributed by atoms with van der Waals surface area (Å²) in [5, 5.41) is 3.90. The van der Waals surface area contributed by atoms with Gasteiger partial charge in [-0.15, -0.1) is 0 Å². The maximum Gasteiger partial charge on any atom is 0.271 e. The van der Waals surface area contributed by atoms with E-state index in [1.54, 1.807) is 18.4 Å². The summed E-state index contributed by atoms with van der Waals surface area (Å²) in [6, 6.07) is 19.9. The predicted octanol–water partition coefficient (Wildman–Crippen LogP) is 3.60. The highest BCUT2D eigenvalue weighted by Gasteiger charge is 2.15. The summed E-state index contributed by atoms with van der Waals surface area (Å²) in [7, 11) is 0. The molecule has 4 rings (SSSR count). The van der Waals surface area contributed by atoms with Gasteiger partial charge in [0.1, 0.15) is 5.76 Å². The zero-order valence-corrected chi connectivity index (χ0v) is 15.0. The first-order chi connectivity index (χ1) is 13.3. The fraction of sp³-hybridized carbons (Fsp3) is 0.182. The van der Waals surface area contributed by atoms with Gasteiger partial charge < -0.3 is 4.42 Å². The van der Waals surface area contributed by atoms with Crippen molar-refractivity contribution < 1.29 is 9.21 Å². The van der Waals surface area contributed by atoms with E-state index in [9.17, 15) is 4.79 Å². The van der Waals surface area contributed by atoms with E-state index in [0.29, 0.717) is 11.3 Å². The Hall–Kier alpha value is -3.18. The Morgan fingerprint density at radius 1 is 1.07 bits per heavy atom. The van der Waals surface area contributed by atoms with Crippen LogP contribution in [0.15, 0.2) is 76.4 Å². The maximum absolute atomic E-state index is 12.1. The van der Waals surface area contributed by atoms with Crippen molar-refractivity contribution in [1.82, 2.24) is 10.3 Å². The third kappa shape index (κ3) is 4.33. The lowest BCUT2D eigenvalue weighted by Gasteiger charge is -2.28. The van der Waals surface area contributed by atoms with Crippen molar-refractivity contribution in [3.05, 3.63) is 94.9 Å². The minimum atomic E-state index is -0.240. The molecule has 2 heterocycles. The molecule has 0 radical (unpaired) electrons. The molecule has 5 heteroatoms. The molecule has 5 nitrogen and oxygen atoms in total. The van der Waals surface area contributed by atoms with Crippen molar-refractivity contribution in [1.29, 1.82) is 0 Å². The smallest absolute Gasteiger partial charge is 0.271 e. The number of nitrogens with one attached hydrogen (secondary N) is 1. The van der Waals surface area contributed by atoms with E-state index in [4.69, 9.17) is 4.42 Å². The van der Waals surface area contributed by atoms with Crippen molar-refractivity contribution >= 4 is 12.1 Å². The molecule has 2 aromatic carbocycles. The fourth-order valence-electron chi connectivity index (χ4n) is 3.29. The van der Waals surface area contributed by atoms with Gasteiger partial charge in [0, 0.05) is 25.2 Å². The number of hydrogen-bond acceptors (Lipinski definition) is 4. The standard InChI is InChI=1S/C22H21N3O2/c26-22(24-23-14-21-6-3-13-27-21)19-9-7-17(8-10-19)15-25-12-11-18-4-1-2-5-20(18)16-25/h1-10,13-14H,11-12,15-16H2,(H,24,26)/b23-14+. The van der Waals surface area contributed by atoms with Crippen LogP contribution in [-0.2, 0) is 19.5 Å². The fourth-order valence-corrected chi connectivity index (χ4v) is 3.29. The minimum Gasteiger partial charge on any atom is -0.463 e. The molecule has 0 aliphatic carbocycles. The summed E-state index contributed by atoms with van der Waals surface area (Å²) in [5.74, 6) is 0.352. The van der Waals surface area contributed by atoms with Crippen molar-refractivity contribution in [3.8, 4) is 0 Å². The minimum absolute atomic E-state index is 0.240. The number of carbonyl (C=O) groups is 1. The highest BCUT2D eigenvalue weighted by atomic mass is 16.3. The number of hydrazone groups is 1. The first-order valence-corrected chi connectivity index (χ1v) is 9.03. The molecule has 1 aliphatic rings. The largest absolute Gasteiger partial charge is 0.463 e. The van der Waals surface area contributed by atoms with Crippen molar-refractivity contribution in [2.24, 2.45) is 5.10 Å². The molecule has 0 unspecified atom stereocenters. The first-order valence-electron chi connectivity index (χ1n) is 9.03. The number of fused-ring (bicyclic) bond motifs is 1. The number of carbonyl (C=O) groups excluding carboxylic acids is 1. The molecular weight excluding hydrogens is 338 g/mol. The molecular formula is C22H21N3O2. The molecule has 1 amide bonds. The summed E-state index contributed by atoms with van der Waals surface area (Å²) in [4.78, 5) is 14.6. The van der Waals surface area contributed by atoms with E-state index in [1.165, 1.54) is 22.9 Å². The number of amides is 1. The van der Waals surface area contributed by atoms with E-state index in [0.717, 1.165) is 26.1 Å². The van der Waals surface area contributed by atoms with Crippen LogP contribution >= 0.6 is 0 Å². The zero-order chi connectivity index (χ0) is 18.5. The van der Waals surface area contributed by atoms with Crippen molar-refractivity contribution in [2.45, 2.75) is 19.5 Å².